The van der Waals surface area contributed by atoms with E-state index in [1.807, 2.05) is 0 Å². The molecule has 0 aromatic heterocycles. The fourth-order valence-corrected chi connectivity index (χ4v) is 1.72. The highest BCUT2D eigenvalue weighted by molar-refractivity contribution is 5.91. The van der Waals surface area contributed by atoms with Crippen LogP contribution in [0.25, 0.3) is 0 Å². The molecule has 1 aromatic carbocycles. The molecule has 0 aliphatic rings. The number of carbonyl (C=O) groups is 1. The van der Waals surface area contributed by atoms with Gasteiger partial charge in [0.2, 0.25) is 0 Å². The third-order valence-corrected chi connectivity index (χ3v) is 2.77. The fraction of sp³-hybridized carbons (Fsp3) is 0.235. The molecule has 4 nitrogen and oxygen atoms in total. The molecule has 4 heteroatoms. The molecule has 0 aliphatic carbocycles. The van der Waals surface area contributed by atoms with Crippen LogP contribution in [0.4, 0.5) is 0 Å². The Bertz CT molecular complexity index is 581. The lowest BCUT2D eigenvalue weighted by atomic mass is 9.98. The summed E-state index contributed by atoms with van der Waals surface area (Å²) in [6.07, 6.45) is 8.56. The molecule has 1 aromatic rings. The van der Waals surface area contributed by atoms with Gasteiger partial charge in [0.1, 0.15) is 30.3 Å². The summed E-state index contributed by atoms with van der Waals surface area (Å²) in [5.74, 6) is 1.91. The highest BCUT2D eigenvalue weighted by Gasteiger charge is 2.19. The molecule has 0 bridgehead atoms. The van der Waals surface area contributed by atoms with E-state index < -0.39 is 5.97 Å². The average Bonchev–Trinajstić information content (AvgIpc) is 2.49. The molecule has 1 unspecified atom stereocenters. The van der Waals surface area contributed by atoms with Crippen molar-refractivity contribution >= 4 is 5.97 Å². The van der Waals surface area contributed by atoms with E-state index >= 15 is 0 Å². The Morgan fingerprint density at radius 3 is 2.38 bits per heavy atom. The zero-order valence-corrected chi connectivity index (χ0v) is 12.0. The van der Waals surface area contributed by atoms with Crippen molar-refractivity contribution in [1.82, 2.24) is 0 Å². The van der Waals surface area contributed by atoms with Crippen molar-refractivity contribution in [1.29, 1.82) is 0 Å². The van der Waals surface area contributed by atoms with Crippen molar-refractivity contribution in [3.8, 4) is 23.8 Å². The van der Waals surface area contributed by atoms with Crippen LogP contribution >= 0.6 is 0 Å². The molecule has 21 heavy (non-hydrogen) atoms. The molecule has 1 N–H and O–H groups in total. The van der Waals surface area contributed by atoms with E-state index in [0.29, 0.717) is 11.3 Å². The third kappa shape index (κ3) is 4.15. The summed E-state index contributed by atoms with van der Waals surface area (Å²) in [6.45, 7) is 9.41. The molecule has 0 aliphatic heterocycles. The summed E-state index contributed by atoms with van der Waals surface area (Å²) >= 11 is 0. The molecule has 0 fully saturated rings. The second-order valence-corrected chi connectivity index (χ2v) is 4.28. The Morgan fingerprint density at radius 1 is 1.33 bits per heavy atom. The predicted molar refractivity (Wildman–Crippen MR) is 82.0 cm³/mol. The summed E-state index contributed by atoms with van der Waals surface area (Å²) in [7, 11) is 0. The second kappa shape index (κ2) is 7.81. The molecular weight excluding hydrogens is 268 g/mol. The van der Waals surface area contributed by atoms with Gasteiger partial charge in [-0.1, -0.05) is 31.2 Å². The summed E-state index contributed by atoms with van der Waals surface area (Å²) in [6, 6.07) is 3.03. The minimum atomic E-state index is -1.09. The van der Waals surface area contributed by atoms with Crippen LogP contribution in [0.3, 0.4) is 0 Å². The van der Waals surface area contributed by atoms with Crippen LogP contribution in [0.5, 0.6) is 11.5 Å². The molecule has 110 valence electrons. The fourth-order valence-electron chi connectivity index (χ4n) is 1.72. The number of carboxylic acid groups (broad SMARTS) is 1. The Balaban J connectivity index is 3.37. The van der Waals surface area contributed by atoms with Crippen molar-refractivity contribution in [3.63, 3.8) is 0 Å². The van der Waals surface area contributed by atoms with Crippen LogP contribution in [0.2, 0.25) is 0 Å². The van der Waals surface area contributed by atoms with Crippen molar-refractivity contribution in [2.45, 2.75) is 12.8 Å². The van der Waals surface area contributed by atoms with Crippen molar-refractivity contribution < 1.29 is 19.4 Å². The normalized spacial score (nSPS) is 11.0. The largest absolute Gasteiger partial charge is 0.489 e. The van der Waals surface area contributed by atoms with Crippen molar-refractivity contribution in [2.75, 3.05) is 13.2 Å². The first-order valence-electron chi connectivity index (χ1n) is 6.39. The van der Waals surface area contributed by atoms with Gasteiger partial charge in [-0.15, -0.1) is 6.42 Å². The first kappa shape index (κ1) is 16.4. The lowest BCUT2D eigenvalue weighted by Crippen LogP contribution is -2.08. The third-order valence-electron chi connectivity index (χ3n) is 2.77. The van der Waals surface area contributed by atoms with E-state index in [1.54, 1.807) is 19.1 Å². The second-order valence-electron chi connectivity index (χ2n) is 4.28. The van der Waals surface area contributed by atoms with Crippen LogP contribution < -0.4 is 9.47 Å². The number of terminal acetylenes is 1. The molecule has 0 saturated carbocycles. The molecule has 0 heterocycles. The van der Waals surface area contributed by atoms with Crippen LogP contribution in [0, 0.1) is 12.3 Å². The maximum atomic E-state index is 11.4. The molecule has 1 atom stereocenters. The predicted octanol–water partition coefficient (Wildman–Crippen LogP) is 3.25. The van der Waals surface area contributed by atoms with Gasteiger partial charge in [0.25, 0.3) is 0 Å². The standard InChI is InChI=1S/C17H18O4/c1-5-8-20-15-11-16(21-9-6-2)14(17(18)19)10-13(15)12(4)7-3/h3,5-6,10-12H,1-2,8-9H2,4H3,(H,18,19). The summed E-state index contributed by atoms with van der Waals surface area (Å²) in [5.41, 5.74) is 0.669. The first-order valence-corrected chi connectivity index (χ1v) is 6.39. The average molecular weight is 286 g/mol. The number of ether oxygens (including phenoxy) is 2. The van der Waals surface area contributed by atoms with E-state index in [2.05, 4.69) is 19.1 Å². The summed E-state index contributed by atoms with van der Waals surface area (Å²) in [4.78, 5) is 11.4. The molecule has 0 amide bonds. The van der Waals surface area contributed by atoms with Crippen molar-refractivity contribution in [3.05, 3.63) is 48.6 Å². The SMILES string of the molecule is C#CC(C)c1cc(C(=O)O)c(OCC=C)cc1OCC=C. The monoisotopic (exact) mass is 286 g/mol. The molecule has 0 spiro atoms. The number of carboxylic acids is 1. The highest BCUT2D eigenvalue weighted by atomic mass is 16.5. The number of benzene rings is 1. The van der Waals surface area contributed by atoms with E-state index in [1.165, 1.54) is 12.1 Å². The van der Waals surface area contributed by atoms with Crippen LogP contribution in [-0.4, -0.2) is 24.3 Å². The van der Waals surface area contributed by atoms with Gasteiger partial charge in [-0.2, -0.15) is 0 Å². The number of hydrogen-bond donors (Lipinski definition) is 1. The van der Waals surface area contributed by atoms with Gasteiger partial charge in [-0.25, -0.2) is 4.79 Å². The Morgan fingerprint density at radius 2 is 1.90 bits per heavy atom. The van der Waals surface area contributed by atoms with Gasteiger partial charge in [-0.05, 0) is 13.0 Å². The Hall–Kier alpha value is -2.67. The van der Waals surface area contributed by atoms with Crippen LogP contribution in [0.15, 0.2) is 37.4 Å². The minimum Gasteiger partial charge on any atom is -0.489 e. The Kier molecular flexibility index (Phi) is 6.09. The van der Waals surface area contributed by atoms with Gasteiger partial charge >= 0.3 is 5.97 Å². The van der Waals surface area contributed by atoms with Gasteiger partial charge in [-0.3, -0.25) is 0 Å². The molecule has 0 saturated heterocycles. The van der Waals surface area contributed by atoms with Crippen molar-refractivity contribution in [2.24, 2.45) is 0 Å². The lowest BCUT2D eigenvalue weighted by Gasteiger charge is -2.16. The molecule has 0 radical (unpaired) electrons. The lowest BCUT2D eigenvalue weighted by molar-refractivity contribution is 0.0692. The quantitative estimate of drug-likeness (QED) is 0.588. The zero-order valence-electron chi connectivity index (χ0n) is 12.0. The highest BCUT2D eigenvalue weighted by Crippen LogP contribution is 2.34. The molecule has 1 rings (SSSR count). The van der Waals surface area contributed by atoms with Gasteiger partial charge in [0.05, 0.1) is 0 Å². The number of hydrogen-bond acceptors (Lipinski definition) is 3. The number of rotatable bonds is 8. The maximum absolute atomic E-state index is 11.4. The van der Waals surface area contributed by atoms with E-state index in [9.17, 15) is 9.90 Å². The van der Waals surface area contributed by atoms with E-state index in [0.717, 1.165) is 0 Å². The van der Waals surface area contributed by atoms with Crippen LogP contribution in [0.1, 0.15) is 28.8 Å². The first-order chi connectivity index (χ1) is 10.0. The van der Waals surface area contributed by atoms with Crippen LogP contribution in [-0.2, 0) is 0 Å². The van der Waals surface area contributed by atoms with Gasteiger partial charge < -0.3 is 14.6 Å². The minimum absolute atomic E-state index is 0.0416. The van der Waals surface area contributed by atoms with E-state index in [4.69, 9.17) is 15.9 Å². The zero-order chi connectivity index (χ0) is 15.8. The maximum Gasteiger partial charge on any atom is 0.339 e. The molecular formula is C17H18O4. The van der Waals surface area contributed by atoms with E-state index in [-0.39, 0.29) is 30.4 Å². The summed E-state index contributed by atoms with van der Waals surface area (Å²) in [5, 5.41) is 9.30. The van der Waals surface area contributed by atoms with Gasteiger partial charge in [0, 0.05) is 17.5 Å². The Labute approximate surface area is 124 Å². The number of aromatic carboxylic acids is 1. The smallest absolute Gasteiger partial charge is 0.339 e. The van der Waals surface area contributed by atoms with Gasteiger partial charge in [0.15, 0.2) is 0 Å². The topological polar surface area (TPSA) is 55.8 Å². The summed E-state index contributed by atoms with van der Waals surface area (Å²) < 4.78 is 10.9.